The highest BCUT2D eigenvalue weighted by molar-refractivity contribution is 6.04. The second kappa shape index (κ2) is 7.72. The van der Waals surface area contributed by atoms with Gasteiger partial charge in [0.1, 0.15) is 16.9 Å². The summed E-state index contributed by atoms with van der Waals surface area (Å²) >= 11 is 0. The Bertz CT molecular complexity index is 912. The van der Waals surface area contributed by atoms with Crippen molar-refractivity contribution in [3.8, 4) is 5.75 Å². The Labute approximate surface area is 162 Å². The second-order valence-corrected chi connectivity index (χ2v) is 6.87. The molecule has 2 aromatic carbocycles. The van der Waals surface area contributed by atoms with Crippen LogP contribution in [0.5, 0.6) is 5.75 Å². The van der Waals surface area contributed by atoms with E-state index >= 15 is 0 Å². The van der Waals surface area contributed by atoms with Crippen LogP contribution in [0, 0.1) is 0 Å². The van der Waals surface area contributed by atoms with Crippen LogP contribution in [0.3, 0.4) is 0 Å². The van der Waals surface area contributed by atoms with Crippen molar-refractivity contribution in [3.63, 3.8) is 0 Å². The van der Waals surface area contributed by atoms with Gasteiger partial charge in [0.05, 0.1) is 7.11 Å². The number of methoxy groups -OCH3 is 1. The van der Waals surface area contributed by atoms with Gasteiger partial charge < -0.3 is 20.1 Å². The van der Waals surface area contributed by atoms with Gasteiger partial charge in [-0.1, -0.05) is 18.2 Å². The predicted octanol–water partition coefficient (Wildman–Crippen LogP) is 3.03. The van der Waals surface area contributed by atoms with Crippen LogP contribution in [0.15, 0.2) is 48.5 Å². The molecule has 3 rings (SSSR count). The summed E-state index contributed by atoms with van der Waals surface area (Å²) in [6, 6.07) is 13.2. The van der Waals surface area contributed by atoms with E-state index in [2.05, 4.69) is 5.32 Å². The van der Waals surface area contributed by atoms with Crippen LogP contribution in [-0.2, 0) is 4.79 Å². The van der Waals surface area contributed by atoms with E-state index in [0.29, 0.717) is 24.2 Å². The first kappa shape index (κ1) is 19.4. The summed E-state index contributed by atoms with van der Waals surface area (Å²) in [5.74, 6) is -1.47. The van der Waals surface area contributed by atoms with Crippen LogP contribution in [0.2, 0.25) is 0 Å². The molecule has 1 fully saturated rings. The second-order valence-electron chi connectivity index (χ2n) is 6.87. The predicted molar refractivity (Wildman–Crippen MR) is 104 cm³/mol. The standard InChI is InChI=1S/C21H22N2O5/c1-21(11-6-12-23(21)18(24)14-7-4-3-5-8-14)20(27)22-15-9-10-16(19(25)26)17(13-15)28-2/h3-5,7-10,13H,6,11-12H2,1-2H3,(H,22,27)(H,25,26). The quantitative estimate of drug-likeness (QED) is 0.829. The third kappa shape index (κ3) is 3.55. The van der Waals surface area contributed by atoms with Crippen LogP contribution in [0.25, 0.3) is 0 Å². The number of anilines is 1. The largest absolute Gasteiger partial charge is 0.496 e. The van der Waals surface area contributed by atoms with E-state index in [0.717, 1.165) is 6.42 Å². The highest BCUT2D eigenvalue weighted by Crippen LogP contribution is 2.32. The Kier molecular flexibility index (Phi) is 5.35. The number of hydrogen-bond donors (Lipinski definition) is 2. The smallest absolute Gasteiger partial charge is 0.339 e. The van der Waals surface area contributed by atoms with Gasteiger partial charge in [-0.15, -0.1) is 0 Å². The Morgan fingerprint density at radius 2 is 1.86 bits per heavy atom. The molecule has 2 amide bonds. The van der Waals surface area contributed by atoms with Crippen molar-refractivity contribution in [1.29, 1.82) is 0 Å². The molecule has 0 spiro atoms. The summed E-state index contributed by atoms with van der Waals surface area (Å²) in [4.78, 5) is 38.8. The van der Waals surface area contributed by atoms with Crippen molar-refractivity contribution in [2.45, 2.75) is 25.3 Å². The SMILES string of the molecule is COc1cc(NC(=O)C2(C)CCCN2C(=O)c2ccccc2)ccc1C(=O)O. The molecule has 7 heteroatoms. The number of benzene rings is 2. The van der Waals surface area contributed by atoms with Crippen LogP contribution in [-0.4, -0.2) is 47.0 Å². The van der Waals surface area contributed by atoms with Crippen molar-refractivity contribution in [2.75, 3.05) is 19.0 Å². The van der Waals surface area contributed by atoms with Gasteiger partial charge >= 0.3 is 5.97 Å². The Balaban J connectivity index is 1.83. The Hall–Kier alpha value is -3.35. The third-order valence-electron chi connectivity index (χ3n) is 5.09. The highest BCUT2D eigenvalue weighted by Gasteiger charge is 2.45. The van der Waals surface area contributed by atoms with Crippen LogP contribution in [0.1, 0.15) is 40.5 Å². The molecule has 28 heavy (non-hydrogen) atoms. The van der Waals surface area contributed by atoms with Gasteiger partial charge in [0.15, 0.2) is 0 Å². The number of hydrogen-bond acceptors (Lipinski definition) is 4. The fourth-order valence-electron chi connectivity index (χ4n) is 3.47. The number of nitrogens with zero attached hydrogens (tertiary/aromatic N) is 1. The first-order valence-corrected chi connectivity index (χ1v) is 8.96. The van der Waals surface area contributed by atoms with Crippen molar-refractivity contribution >= 4 is 23.5 Å². The van der Waals surface area contributed by atoms with Crippen LogP contribution >= 0.6 is 0 Å². The van der Waals surface area contributed by atoms with Gasteiger partial charge in [-0.2, -0.15) is 0 Å². The normalized spacial score (nSPS) is 18.6. The average Bonchev–Trinajstić information content (AvgIpc) is 3.10. The monoisotopic (exact) mass is 382 g/mol. The van der Waals surface area contributed by atoms with Gasteiger partial charge in [-0.3, -0.25) is 9.59 Å². The molecule has 0 radical (unpaired) electrons. The van der Waals surface area contributed by atoms with Crippen LogP contribution < -0.4 is 10.1 Å². The highest BCUT2D eigenvalue weighted by atomic mass is 16.5. The summed E-state index contributed by atoms with van der Waals surface area (Å²) in [5.41, 5.74) is -0.0394. The zero-order chi connectivity index (χ0) is 20.3. The molecule has 7 nitrogen and oxygen atoms in total. The number of carboxylic acids is 1. The Morgan fingerprint density at radius 3 is 2.50 bits per heavy atom. The summed E-state index contributed by atoms with van der Waals surface area (Å²) < 4.78 is 5.10. The van der Waals surface area contributed by atoms with E-state index in [9.17, 15) is 19.5 Å². The number of amides is 2. The van der Waals surface area contributed by atoms with Gasteiger partial charge in [-0.25, -0.2) is 4.79 Å². The summed E-state index contributed by atoms with van der Waals surface area (Å²) in [6.45, 7) is 2.25. The number of carbonyl (C=O) groups is 3. The molecule has 1 aliphatic heterocycles. The first-order valence-electron chi connectivity index (χ1n) is 8.96. The maximum Gasteiger partial charge on any atom is 0.339 e. The first-order chi connectivity index (χ1) is 13.4. The van der Waals surface area contributed by atoms with E-state index in [-0.39, 0.29) is 23.1 Å². The minimum Gasteiger partial charge on any atom is -0.496 e. The number of carboxylic acid groups (broad SMARTS) is 1. The van der Waals surface area contributed by atoms with E-state index in [4.69, 9.17) is 4.74 Å². The number of likely N-dealkylation sites (tertiary alicyclic amines) is 1. The van der Waals surface area contributed by atoms with Crippen molar-refractivity contribution in [3.05, 3.63) is 59.7 Å². The lowest BCUT2D eigenvalue weighted by Gasteiger charge is -2.34. The molecule has 1 saturated heterocycles. The molecule has 0 bridgehead atoms. The summed E-state index contributed by atoms with van der Waals surface area (Å²) in [7, 11) is 1.37. The van der Waals surface area contributed by atoms with E-state index in [1.54, 1.807) is 36.1 Å². The van der Waals surface area contributed by atoms with Crippen LogP contribution in [0.4, 0.5) is 5.69 Å². The van der Waals surface area contributed by atoms with E-state index in [1.807, 2.05) is 6.07 Å². The minimum absolute atomic E-state index is 0.00783. The molecule has 1 aliphatic rings. The maximum absolute atomic E-state index is 13.0. The lowest BCUT2D eigenvalue weighted by molar-refractivity contribution is -0.124. The fraction of sp³-hybridized carbons (Fsp3) is 0.286. The van der Waals surface area contributed by atoms with Crippen molar-refractivity contribution < 1.29 is 24.2 Å². The third-order valence-corrected chi connectivity index (χ3v) is 5.09. The minimum atomic E-state index is -1.11. The molecule has 0 aliphatic carbocycles. The maximum atomic E-state index is 13.0. The number of nitrogens with one attached hydrogen (secondary N) is 1. The molecule has 2 aromatic rings. The van der Waals surface area contributed by atoms with Gasteiger partial charge in [-0.05, 0) is 44.0 Å². The van der Waals surface area contributed by atoms with Crippen molar-refractivity contribution in [2.24, 2.45) is 0 Å². The summed E-state index contributed by atoms with van der Waals surface area (Å²) in [5, 5.41) is 12.0. The van der Waals surface area contributed by atoms with E-state index in [1.165, 1.54) is 25.3 Å². The molecule has 146 valence electrons. The fourth-order valence-corrected chi connectivity index (χ4v) is 3.47. The van der Waals surface area contributed by atoms with Crippen molar-refractivity contribution in [1.82, 2.24) is 4.90 Å². The summed E-state index contributed by atoms with van der Waals surface area (Å²) in [6.07, 6.45) is 1.27. The topological polar surface area (TPSA) is 95.9 Å². The lowest BCUT2D eigenvalue weighted by Crippen LogP contribution is -2.53. The molecule has 0 saturated carbocycles. The molecule has 0 aromatic heterocycles. The number of ether oxygens (including phenoxy) is 1. The Morgan fingerprint density at radius 1 is 1.14 bits per heavy atom. The van der Waals surface area contributed by atoms with Gasteiger partial charge in [0.2, 0.25) is 5.91 Å². The zero-order valence-corrected chi connectivity index (χ0v) is 15.8. The lowest BCUT2D eigenvalue weighted by atomic mass is 9.96. The number of aromatic carboxylic acids is 1. The van der Waals surface area contributed by atoms with E-state index < -0.39 is 11.5 Å². The molecular formula is C21H22N2O5. The number of carbonyl (C=O) groups excluding carboxylic acids is 2. The van der Waals surface area contributed by atoms with Gasteiger partial charge in [0, 0.05) is 23.9 Å². The average molecular weight is 382 g/mol. The number of rotatable bonds is 5. The molecule has 1 unspecified atom stereocenters. The molecule has 2 N–H and O–H groups in total. The molecular weight excluding hydrogens is 360 g/mol. The zero-order valence-electron chi connectivity index (χ0n) is 15.8. The van der Waals surface area contributed by atoms with Gasteiger partial charge in [0.25, 0.3) is 5.91 Å². The molecule has 1 atom stereocenters. The molecule has 1 heterocycles.